The number of ether oxygens (including phenoxy) is 1. The minimum absolute atomic E-state index is 0.0820. The predicted octanol–water partition coefficient (Wildman–Crippen LogP) is 0.951. The van der Waals surface area contributed by atoms with E-state index in [1.54, 1.807) is 19.4 Å². The van der Waals surface area contributed by atoms with E-state index in [2.05, 4.69) is 15.3 Å². The number of hydrogen-bond acceptors (Lipinski definition) is 6. The Hall–Kier alpha value is -3.08. The Morgan fingerprint density at radius 3 is 3.04 bits per heavy atom. The first-order valence-corrected chi connectivity index (χ1v) is 7.23. The molecule has 0 aromatic carbocycles. The molecule has 0 aliphatic heterocycles. The van der Waals surface area contributed by atoms with E-state index in [9.17, 15) is 4.79 Å². The number of nitrogen functional groups attached to an aromatic ring is 1. The van der Waals surface area contributed by atoms with E-state index in [0.717, 1.165) is 13.0 Å². The molecule has 0 fully saturated rings. The molecule has 0 saturated heterocycles. The van der Waals surface area contributed by atoms with Crippen LogP contribution in [0.5, 0.6) is 5.88 Å². The molecule has 0 aliphatic carbocycles. The van der Waals surface area contributed by atoms with E-state index < -0.39 is 0 Å². The van der Waals surface area contributed by atoms with Gasteiger partial charge in [-0.3, -0.25) is 4.79 Å². The third-order valence-corrected chi connectivity index (χ3v) is 3.08. The lowest BCUT2D eigenvalue weighted by molar-refractivity contribution is 0.0946. The number of amides is 1. The van der Waals surface area contributed by atoms with Gasteiger partial charge >= 0.3 is 0 Å². The highest BCUT2D eigenvalue weighted by Crippen LogP contribution is 2.22. The number of carbonyl (C=O) groups excluding carboxylic acids is 1. The number of imidazole rings is 1. The molecular weight excluding hydrogens is 296 g/mol. The summed E-state index contributed by atoms with van der Waals surface area (Å²) < 4.78 is 7.20. The number of pyridine rings is 1. The number of anilines is 1. The summed E-state index contributed by atoms with van der Waals surface area (Å²) >= 11 is 0. The first-order valence-electron chi connectivity index (χ1n) is 7.23. The Morgan fingerprint density at radius 1 is 1.57 bits per heavy atom. The number of aryl methyl sites for hydroxylation is 1. The summed E-state index contributed by atoms with van der Waals surface area (Å²) in [5.74, 6) is -0.272. The normalized spacial score (nSPS) is 10.1. The highest BCUT2D eigenvalue weighted by molar-refractivity contribution is 5.93. The molecule has 2 heterocycles. The third kappa shape index (κ3) is 4.20. The molecule has 0 radical (unpaired) electrons. The van der Waals surface area contributed by atoms with Crippen LogP contribution in [-0.4, -0.2) is 33.6 Å². The van der Waals surface area contributed by atoms with Gasteiger partial charge in [-0.15, -0.1) is 0 Å². The maximum absolute atomic E-state index is 12.1. The Bertz CT molecular complexity index is 705. The highest BCUT2D eigenvalue weighted by Gasteiger charge is 2.15. The van der Waals surface area contributed by atoms with Crippen molar-refractivity contribution < 1.29 is 9.53 Å². The van der Waals surface area contributed by atoms with Crippen LogP contribution in [-0.2, 0) is 6.54 Å². The summed E-state index contributed by atoms with van der Waals surface area (Å²) in [6.07, 6.45) is 6.04. The fourth-order valence-corrected chi connectivity index (χ4v) is 1.98. The van der Waals surface area contributed by atoms with E-state index in [4.69, 9.17) is 15.7 Å². The Balaban J connectivity index is 1.97. The summed E-state index contributed by atoms with van der Waals surface area (Å²) in [5.41, 5.74) is 6.24. The number of aromatic nitrogens is 3. The van der Waals surface area contributed by atoms with Crippen molar-refractivity contribution in [3.63, 3.8) is 0 Å². The SMILES string of the molecule is CCOc1nc(C(=O)NCCCn2ccnc2)cc(N)c1C#N. The van der Waals surface area contributed by atoms with Crippen molar-refractivity contribution in [2.45, 2.75) is 19.9 Å². The van der Waals surface area contributed by atoms with Gasteiger partial charge in [0.05, 0.1) is 18.6 Å². The lowest BCUT2D eigenvalue weighted by Crippen LogP contribution is -2.26. The molecular formula is C15H18N6O2. The molecule has 0 unspecified atom stereocenters. The van der Waals surface area contributed by atoms with Crippen molar-refractivity contribution in [3.05, 3.63) is 36.0 Å². The minimum Gasteiger partial charge on any atom is -0.477 e. The maximum atomic E-state index is 12.1. The molecule has 0 spiro atoms. The van der Waals surface area contributed by atoms with Crippen LogP contribution in [0.2, 0.25) is 0 Å². The molecule has 2 aromatic rings. The quantitative estimate of drug-likeness (QED) is 0.734. The minimum atomic E-state index is -0.354. The number of nitrogens with two attached hydrogens (primary N) is 1. The Labute approximate surface area is 133 Å². The molecule has 0 saturated carbocycles. The van der Waals surface area contributed by atoms with Crippen molar-refractivity contribution in [1.82, 2.24) is 19.9 Å². The number of nitrogens with zero attached hydrogens (tertiary/aromatic N) is 4. The topological polar surface area (TPSA) is 119 Å². The van der Waals surface area contributed by atoms with Gasteiger partial charge in [0.2, 0.25) is 5.88 Å². The van der Waals surface area contributed by atoms with Crippen molar-refractivity contribution in [2.75, 3.05) is 18.9 Å². The molecule has 2 rings (SSSR count). The van der Waals surface area contributed by atoms with Crippen LogP contribution in [0.1, 0.15) is 29.4 Å². The molecule has 23 heavy (non-hydrogen) atoms. The second-order valence-corrected chi connectivity index (χ2v) is 4.73. The molecule has 0 bridgehead atoms. The van der Waals surface area contributed by atoms with Gasteiger partial charge < -0.3 is 20.4 Å². The van der Waals surface area contributed by atoms with Crippen molar-refractivity contribution in [2.24, 2.45) is 0 Å². The van der Waals surface area contributed by atoms with Crippen molar-refractivity contribution >= 4 is 11.6 Å². The average molecular weight is 314 g/mol. The number of carbonyl (C=O) groups is 1. The predicted molar refractivity (Wildman–Crippen MR) is 83.7 cm³/mol. The smallest absolute Gasteiger partial charge is 0.270 e. The fraction of sp³-hybridized carbons (Fsp3) is 0.333. The fourth-order valence-electron chi connectivity index (χ4n) is 1.98. The van der Waals surface area contributed by atoms with E-state index in [-0.39, 0.29) is 28.7 Å². The molecule has 3 N–H and O–H groups in total. The third-order valence-electron chi connectivity index (χ3n) is 3.08. The van der Waals surface area contributed by atoms with Crippen LogP contribution in [0.3, 0.4) is 0 Å². The molecule has 0 aliphatic rings. The van der Waals surface area contributed by atoms with E-state index >= 15 is 0 Å². The lowest BCUT2D eigenvalue weighted by atomic mass is 10.2. The zero-order valence-electron chi connectivity index (χ0n) is 12.8. The molecule has 0 atom stereocenters. The molecule has 8 nitrogen and oxygen atoms in total. The van der Waals surface area contributed by atoms with Crippen LogP contribution < -0.4 is 15.8 Å². The molecule has 8 heteroatoms. The number of hydrogen-bond donors (Lipinski definition) is 2. The number of rotatable bonds is 7. The van der Waals surface area contributed by atoms with Crippen LogP contribution >= 0.6 is 0 Å². The summed E-state index contributed by atoms with van der Waals surface area (Å²) in [6, 6.07) is 3.31. The van der Waals surface area contributed by atoms with Crippen LogP contribution in [0.15, 0.2) is 24.8 Å². The van der Waals surface area contributed by atoms with Crippen molar-refractivity contribution in [3.8, 4) is 11.9 Å². The summed E-state index contributed by atoms with van der Waals surface area (Å²) in [5, 5.41) is 11.8. The van der Waals surface area contributed by atoms with Crippen LogP contribution in [0, 0.1) is 11.3 Å². The van der Waals surface area contributed by atoms with E-state index in [0.29, 0.717) is 13.2 Å². The monoisotopic (exact) mass is 314 g/mol. The maximum Gasteiger partial charge on any atom is 0.270 e. The first-order chi connectivity index (χ1) is 11.2. The second-order valence-electron chi connectivity index (χ2n) is 4.73. The summed E-state index contributed by atoms with van der Waals surface area (Å²) in [4.78, 5) is 20.1. The van der Waals surface area contributed by atoms with Gasteiger partial charge in [-0.25, -0.2) is 9.97 Å². The Morgan fingerprint density at radius 2 is 2.39 bits per heavy atom. The van der Waals surface area contributed by atoms with Gasteiger partial charge in [-0.2, -0.15) is 5.26 Å². The van der Waals surface area contributed by atoms with Crippen LogP contribution in [0.4, 0.5) is 5.69 Å². The van der Waals surface area contributed by atoms with Gasteiger partial charge in [-0.1, -0.05) is 0 Å². The van der Waals surface area contributed by atoms with Gasteiger partial charge in [-0.05, 0) is 19.4 Å². The zero-order valence-corrected chi connectivity index (χ0v) is 12.8. The summed E-state index contributed by atoms with van der Waals surface area (Å²) in [7, 11) is 0. The lowest BCUT2D eigenvalue weighted by Gasteiger charge is -2.10. The molecule has 2 aromatic heterocycles. The molecule has 120 valence electrons. The largest absolute Gasteiger partial charge is 0.477 e. The van der Waals surface area contributed by atoms with Gasteiger partial charge in [0.15, 0.2) is 0 Å². The summed E-state index contributed by atoms with van der Waals surface area (Å²) in [6.45, 7) is 3.34. The van der Waals surface area contributed by atoms with E-state index in [1.165, 1.54) is 6.07 Å². The van der Waals surface area contributed by atoms with Crippen molar-refractivity contribution in [1.29, 1.82) is 5.26 Å². The first kappa shape index (κ1) is 16.3. The highest BCUT2D eigenvalue weighted by atomic mass is 16.5. The average Bonchev–Trinajstić information content (AvgIpc) is 3.04. The van der Waals surface area contributed by atoms with Gasteiger partial charge in [0.1, 0.15) is 17.3 Å². The van der Waals surface area contributed by atoms with Gasteiger partial charge in [0, 0.05) is 25.5 Å². The molecule has 1 amide bonds. The second kappa shape index (κ2) is 7.79. The number of nitriles is 1. The van der Waals surface area contributed by atoms with E-state index in [1.807, 2.05) is 16.8 Å². The van der Waals surface area contributed by atoms with Gasteiger partial charge in [0.25, 0.3) is 5.91 Å². The zero-order chi connectivity index (χ0) is 16.7. The number of nitrogens with one attached hydrogen (secondary N) is 1. The standard InChI is InChI=1S/C15H18N6O2/c1-2-23-15-11(9-16)12(17)8-13(20-15)14(22)19-4-3-6-21-7-5-18-10-21/h5,7-8,10H,2-4,6H2,1H3,(H2,17,20)(H,19,22). The Kier molecular flexibility index (Phi) is 5.52. The van der Waals surface area contributed by atoms with Crippen LogP contribution in [0.25, 0.3) is 0 Å².